The minimum Gasteiger partial charge on any atom is -0.340 e. The molecule has 0 bridgehead atoms. The second-order valence-electron chi connectivity index (χ2n) is 6.30. The van der Waals surface area contributed by atoms with Crippen molar-refractivity contribution in [3.63, 3.8) is 0 Å². The van der Waals surface area contributed by atoms with Crippen LogP contribution in [0.25, 0.3) is 11.3 Å². The summed E-state index contributed by atoms with van der Waals surface area (Å²) in [5.74, 6) is 0.159. The smallest absolute Gasteiger partial charge is 0.266 e. The predicted molar refractivity (Wildman–Crippen MR) is 95.0 cm³/mol. The van der Waals surface area contributed by atoms with Gasteiger partial charge in [0.2, 0.25) is 5.91 Å². The van der Waals surface area contributed by atoms with Crippen molar-refractivity contribution >= 4 is 5.91 Å². The van der Waals surface area contributed by atoms with Crippen LogP contribution in [0.5, 0.6) is 0 Å². The molecule has 2 aromatic heterocycles. The number of pyridine rings is 1. The minimum absolute atomic E-state index is 0.148. The Morgan fingerprint density at radius 1 is 1.08 bits per heavy atom. The van der Waals surface area contributed by atoms with E-state index in [-0.39, 0.29) is 11.5 Å². The highest BCUT2D eigenvalue weighted by molar-refractivity contribution is 5.76. The van der Waals surface area contributed by atoms with E-state index in [1.165, 1.54) is 10.7 Å². The number of rotatable bonds is 5. The molecule has 0 spiro atoms. The molecule has 0 aromatic carbocycles. The molecule has 3 rings (SSSR count). The molecule has 0 radical (unpaired) electrons. The first kappa shape index (κ1) is 17.3. The fourth-order valence-corrected chi connectivity index (χ4v) is 2.88. The van der Waals surface area contributed by atoms with Gasteiger partial charge in [-0.25, -0.2) is 4.68 Å². The molecule has 7 heteroatoms. The van der Waals surface area contributed by atoms with E-state index >= 15 is 0 Å². The van der Waals surface area contributed by atoms with Crippen molar-refractivity contribution in [1.29, 1.82) is 0 Å². The lowest BCUT2D eigenvalue weighted by Gasteiger charge is -2.32. The number of amides is 1. The van der Waals surface area contributed by atoms with Crippen molar-refractivity contribution in [2.45, 2.75) is 19.4 Å². The van der Waals surface area contributed by atoms with Crippen molar-refractivity contribution in [2.75, 3.05) is 33.2 Å². The number of hydrogen-bond acceptors (Lipinski definition) is 5. The number of piperazine rings is 1. The van der Waals surface area contributed by atoms with Gasteiger partial charge in [0.05, 0.1) is 5.69 Å². The number of carbonyl (C=O) groups is 1. The molecule has 3 heterocycles. The Labute approximate surface area is 146 Å². The zero-order valence-electron chi connectivity index (χ0n) is 14.5. The predicted octanol–water partition coefficient (Wildman–Crippen LogP) is 0.859. The van der Waals surface area contributed by atoms with Crippen LogP contribution in [0, 0.1) is 0 Å². The average Bonchev–Trinajstić information content (AvgIpc) is 2.64. The molecule has 0 atom stereocenters. The third kappa shape index (κ3) is 4.51. The van der Waals surface area contributed by atoms with Crippen molar-refractivity contribution in [1.82, 2.24) is 24.6 Å². The molecule has 1 saturated heterocycles. The van der Waals surface area contributed by atoms with E-state index < -0.39 is 0 Å². The Hall–Kier alpha value is -2.54. The largest absolute Gasteiger partial charge is 0.340 e. The molecule has 1 fully saturated rings. The topological polar surface area (TPSA) is 71.3 Å². The van der Waals surface area contributed by atoms with Gasteiger partial charge < -0.3 is 9.80 Å². The Balaban J connectivity index is 1.58. The number of aryl methyl sites for hydroxylation is 1. The number of likely N-dealkylation sites (N-methyl/N-ethyl adjacent to an activating group) is 1. The zero-order chi connectivity index (χ0) is 17.6. The third-order valence-corrected chi connectivity index (χ3v) is 4.46. The standard InChI is InChI=1S/C18H23N5O2/c1-21-11-13-22(14-12-21)17(24)3-2-10-23-18(25)5-4-16(20-23)15-6-8-19-9-7-15/h4-9H,2-3,10-14H2,1H3. The summed E-state index contributed by atoms with van der Waals surface area (Å²) < 4.78 is 1.44. The van der Waals surface area contributed by atoms with Gasteiger partial charge in [-0.2, -0.15) is 5.10 Å². The van der Waals surface area contributed by atoms with Crippen LogP contribution in [0.3, 0.4) is 0 Å². The second kappa shape index (κ2) is 8.02. The Morgan fingerprint density at radius 3 is 2.52 bits per heavy atom. The highest BCUT2D eigenvalue weighted by Gasteiger charge is 2.18. The molecule has 0 saturated carbocycles. The first-order chi connectivity index (χ1) is 12.1. The molecule has 25 heavy (non-hydrogen) atoms. The van der Waals surface area contributed by atoms with Crippen LogP contribution in [0.1, 0.15) is 12.8 Å². The van der Waals surface area contributed by atoms with Gasteiger partial charge in [0.25, 0.3) is 5.56 Å². The third-order valence-electron chi connectivity index (χ3n) is 4.46. The minimum atomic E-state index is -0.148. The van der Waals surface area contributed by atoms with Gasteiger partial charge in [-0.15, -0.1) is 0 Å². The summed E-state index contributed by atoms with van der Waals surface area (Å²) in [7, 11) is 2.07. The SMILES string of the molecule is CN1CCN(C(=O)CCCn2nc(-c3ccncc3)ccc2=O)CC1. The molecular formula is C18H23N5O2. The summed E-state index contributed by atoms with van der Waals surface area (Å²) in [6.07, 6.45) is 4.44. The van der Waals surface area contributed by atoms with Gasteiger partial charge in [0.1, 0.15) is 0 Å². The van der Waals surface area contributed by atoms with Crippen LogP contribution in [0.15, 0.2) is 41.5 Å². The summed E-state index contributed by atoms with van der Waals surface area (Å²) in [4.78, 5) is 32.4. The lowest BCUT2D eigenvalue weighted by atomic mass is 10.2. The first-order valence-corrected chi connectivity index (χ1v) is 8.58. The van der Waals surface area contributed by atoms with Crippen LogP contribution in [0.2, 0.25) is 0 Å². The zero-order valence-corrected chi connectivity index (χ0v) is 14.5. The molecule has 7 nitrogen and oxygen atoms in total. The van der Waals surface area contributed by atoms with E-state index in [9.17, 15) is 9.59 Å². The summed E-state index contributed by atoms with van der Waals surface area (Å²) in [5.41, 5.74) is 1.49. The van der Waals surface area contributed by atoms with Crippen LogP contribution in [-0.4, -0.2) is 63.7 Å². The van der Waals surface area contributed by atoms with Crippen molar-refractivity contribution in [2.24, 2.45) is 0 Å². The fourth-order valence-electron chi connectivity index (χ4n) is 2.88. The van der Waals surface area contributed by atoms with Crippen molar-refractivity contribution < 1.29 is 4.79 Å². The maximum atomic E-state index is 12.3. The Kier molecular flexibility index (Phi) is 5.55. The summed E-state index contributed by atoms with van der Waals surface area (Å²) >= 11 is 0. The van der Waals surface area contributed by atoms with Crippen LogP contribution >= 0.6 is 0 Å². The van der Waals surface area contributed by atoms with Gasteiger partial charge in [0, 0.05) is 63.2 Å². The lowest BCUT2D eigenvalue weighted by Crippen LogP contribution is -2.47. The number of carbonyl (C=O) groups excluding carboxylic acids is 1. The molecule has 1 amide bonds. The van der Waals surface area contributed by atoms with Gasteiger partial charge in [-0.05, 0) is 31.7 Å². The molecule has 0 aliphatic carbocycles. The molecule has 0 N–H and O–H groups in total. The monoisotopic (exact) mass is 341 g/mol. The Morgan fingerprint density at radius 2 is 1.80 bits per heavy atom. The van der Waals surface area contributed by atoms with E-state index in [0.717, 1.165) is 37.4 Å². The number of aromatic nitrogens is 3. The maximum Gasteiger partial charge on any atom is 0.266 e. The Bertz CT molecular complexity index is 767. The molecular weight excluding hydrogens is 318 g/mol. The van der Waals surface area contributed by atoms with Gasteiger partial charge in [-0.1, -0.05) is 0 Å². The van der Waals surface area contributed by atoms with E-state index in [0.29, 0.717) is 19.4 Å². The normalized spacial score (nSPS) is 15.3. The molecule has 132 valence electrons. The van der Waals surface area contributed by atoms with Gasteiger partial charge in [0.15, 0.2) is 0 Å². The number of hydrogen-bond donors (Lipinski definition) is 0. The average molecular weight is 341 g/mol. The van der Waals surface area contributed by atoms with Gasteiger partial charge >= 0.3 is 0 Å². The summed E-state index contributed by atoms with van der Waals surface area (Å²) in [5, 5.41) is 4.41. The first-order valence-electron chi connectivity index (χ1n) is 8.58. The molecule has 1 aliphatic rings. The van der Waals surface area contributed by atoms with E-state index in [1.54, 1.807) is 18.5 Å². The summed E-state index contributed by atoms with van der Waals surface area (Å²) in [6.45, 7) is 3.84. The quantitative estimate of drug-likeness (QED) is 0.807. The highest BCUT2D eigenvalue weighted by atomic mass is 16.2. The molecule has 2 aromatic rings. The number of nitrogens with zero attached hydrogens (tertiary/aromatic N) is 5. The van der Waals surface area contributed by atoms with Crippen LogP contribution < -0.4 is 5.56 Å². The van der Waals surface area contributed by atoms with Crippen LogP contribution in [0.4, 0.5) is 0 Å². The molecule has 1 aliphatic heterocycles. The van der Waals surface area contributed by atoms with Gasteiger partial charge in [-0.3, -0.25) is 14.6 Å². The van der Waals surface area contributed by atoms with Crippen molar-refractivity contribution in [3.05, 3.63) is 47.0 Å². The molecule has 0 unspecified atom stereocenters. The fraction of sp³-hybridized carbons (Fsp3) is 0.444. The highest BCUT2D eigenvalue weighted by Crippen LogP contribution is 2.13. The maximum absolute atomic E-state index is 12.3. The lowest BCUT2D eigenvalue weighted by molar-refractivity contribution is -0.132. The second-order valence-corrected chi connectivity index (χ2v) is 6.30. The van der Waals surface area contributed by atoms with Crippen LogP contribution in [-0.2, 0) is 11.3 Å². The van der Waals surface area contributed by atoms with E-state index in [1.807, 2.05) is 17.0 Å². The van der Waals surface area contributed by atoms with E-state index in [4.69, 9.17) is 0 Å². The van der Waals surface area contributed by atoms with Crippen molar-refractivity contribution in [3.8, 4) is 11.3 Å². The summed E-state index contributed by atoms with van der Waals surface area (Å²) in [6, 6.07) is 6.94. The van der Waals surface area contributed by atoms with E-state index in [2.05, 4.69) is 22.0 Å².